The molecule has 2 atom stereocenters. The molecule has 0 aliphatic heterocycles. The van der Waals surface area contributed by atoms with E-state index in [-0.39, 0.29) is 11.2 Å². The molecule has 1 N–H and O–H groups in total. The summed E-state index contributed by atoms with van der Waals surface area (Å²) in [5.41, 5.74) is 1.28. The highest BCUT2D eigenvalue weighted by molar-refractivity contribution is 8.01. The molecule has 0 radical (unpaired) electrons. The molecule has 3 heteroatoms. The molecule has 1 aromatic carbocycles. The Morgan fingerprint density at radius 1 is 1.19 bits per heavy atom. The number of benzene rings is 1. The maximum atomic E-state index is 12.2. The van der Waals surface area contributed by atoms with Gasteiger partial charge in [0.2, 0.25) is 5.91 Å². The van der Waals surface area contributed by atoms with Crippen molar-refractivity contribution in [2.75, 3.05) is 6.54 Å². The van der Waals surface area contributed by atoms with Crippen LogP contribution in [0.1, 0.15) is 57.4 Å². The monoisotopic (exact) mass is 305 g/mol. The van der Waals surface area contributed by atoms with Gasteiger partial charge in [0.15, 0.2) is 0 Å². The Bertz CT molecular complexity index is 428. The van der Waals surface area contributed by atoms with Gasteiger partial charge in [-0.05, 0) is 31.2 Å². The summed E-state index contributed by atoms with van der Waals surface area (Å²) >= 11 is 1.86. The van der Waals surface area contributed by atoms with Gasteiger partial charge in [-0.1, -0.05) is 56.5 Å². The van der Waals surface area contributed by atoms with E-state index in [0.29, 0.717) is 11.2 Å². The summed E-state index contributed by atoms with van der Waals surface area (Å²) < 4.78 is 0. The molecule has 0 heterocycles. The number of hydrogen-bond donors (Lipinski definition) is 1. The lowest BCUT2D eigenvalue weighted by atomic mass is 10.0. The van der Waals surface area contributed by atoms with Crippen molar-refractivity contribution in [3.8, 4) is 0 Å². The van der Waals surface area contributed by atoms with Gasteiger partial charge in [-0.25, -0.2) is 0 Å². The average molecular weight is 305 g/mol. The SMILES string of the molecule is CC(SC1CCCCC1)C(=O)NCC(C)c1ccccc1. The van der Waals surface area contributed by atoms with Crippen molar-refractivity contribution >= 4 is 17.7 Å². The molecule has 0 bridgehead atoms. The Kier molecular flexibility index (Phi) is 6.62. The van der Waals surface area contributed by atoms with Crippen molar-refractivity contribution in [3.63, 3.8) is 0 Å². The van der Waals surface area contributed by atoms with E-state index < -0.39 is 0 Å². The number of hydrogen-bond acceptors (Lipinski definition) is 2. The van der Waals surface area contributed by atoms with Gasteiger partial charge in [0.1, 0.15) is 0 Å². The number of amides is 1. The van der Waals surface area contributed by atoms with E-state index in [1.54, 1.807) is 0 Å². The fraction of sp³-hybridized carbons (Fsp3) is 0.611. The highest BCUT2D eigenvalue weighted by Crippen LogP contribution is 2.31. The zero-order chi connectivity index (χ0) is 15.1. The minimum Gasteiger partial charge on any atom is -0.355 e. The van der Waals surface area contributed by atoms with Gasteiger partial charge < -0.3 is 5.32 Å². The third kappa shape index (κ3) is 5.39. The number of rotatable bonds is 6. The Labute approximate surface area is 133 Å². The second kappa shape index (κ2) is 8.47. The van der Waals surface area contributed by atoms with Crippen LogP contribution in [0.25, 0.3) is 0 Å². The molecule has 2 rings (SSSR count). The molecule has 2 unspecified atom stereocenters. The summed E-state index contributed by atoms with van der Waals surface area (Å²) in [7, 11) is 0. The lowest BCUT2D eigenvalue weighted by Gasteiger charge is -2.24. The molecule has 0 saturated heterocycles. The molecule has 116 valence electrons. The summed E-state index contributed by atoms with van der Waals surface area (Å²) in [5.74, 6) is 0.551. The molecule has 1 aliphatic carbocycles. The van der Waals surface area contributed by atoms with Crippen LogP contribution in [-0.4, -0.2) is 23.0 Å². The third-order valence-corrected chi connectivity index (χ3v) is 5.75. The van der Waals surface area contributed by atoms with E-state index in [1.165, 1.54) is 37.7 Å². The van der Waals surface area contributed by atoms with Crippen molar-refractivity contribution in [3.05, 3.63) is 35.9 Å². The predicted octanol–water partition coefficient (Wildman–Crippen LogP) is 4.36. The summed E-state index contributed by atoms with van der Waals surface area (Å²) in [6.45, 7) is 4.93. The maximum Gasteiger partial charge on any atom is 0.232 e. The first-order valence-electron chi connectivity index (χ1n) is 8.15. The first-order chi connectivity index (χ1) is 10.2. The van der Waals surface area contributed by atoms with Crippen LogP contribution in [0.5, 0.6) is 0 Å². The topological polar surface area (TPSA) is 29.1 Å². The van der Waals surface area contributed by atoms with E-state index >= 15 is 0 Å². The van der Waals surface area contributed by atoms with Crippen LogP contribution in [0.2, 0.25) is 0 Å². The molecule has 21 heavy (non-hydrogen) atoms. The van der Waals surface area contributed by atoms with Gasteiger partial charge in [0, 0.05) is 11.8 Å². The second-order valence-corrected chi connectivity index (χ2v) is 7.74. The fourth-order valence-electron chi connectivity index (χ4n) is 2.85. The Morgan fingerprint density at radius 2 is 1.86 bits per heavy atom. The molecule has 1 fully saturated rings. The largest absolute Gasteiger partial charge is 0.355 e. The normalized spacial score (nSPS) is 19.0. The van der Waals surface area contributed by atoms with E-state index in [9.17, 15) is 4.79 Å². The van der Waals surface area contributed by atoms with Crippen LogP contribution in [0.15, 0.2) is 30.3 Å². The van der Waals surface area contributed by atoms with E-state index in [1.807, 2.05) is 24.8 Å². The highest BCUT2D eigenvalue weighted by atomic mass is 32.2. The van der Waals surface area contributed by atoms with Crippen molar-refractivity contribution in [2.45, 2.75) is 62.4 Å². The van der Waals surface area contributed by atoms with Gasteiger partial charge in [-0.3, -0.25) is 4.79 Å². The second-order valence-electron chi connectivity index (χ2n) is 6.10. The Hall–Kier alpha value is -0.960. The average Bonchev–Trinajstić information content (AvgIpc) is 2.54. The van der Waals surface area contributed by atoms with Crippen molar-refractivity contribution in [1.82, 2.24) is 5.32 Å². The fourth-order valence-corrected chi connectivity index (χ4v) is 4.24. The first-order valence-corrected chi connectivity index (χ1v) is 9.09. The molecule has 1 amide bonds. The number of nitrogens with one attached hydrogen (secondary N) is 1. The number of carbonyl (C=O) groups is 1. The minimum absolute atomic E-state index is 0.0658. The van der Waals surface area contributed by atoms with E-state index in [0.717, 1.165) is 6.54 Å². The molecule has 2 nitrogen and oxygen atoms in total. The maximum absolute atomic E-state index is 12.2. The smallest absolute Gasteiger partial charge is 0.232 e. The number of carbonyl (C=O) groups excluding carboxylic acids is 1. The highest BCUT2D eigenvalue weighted by Gasteiger charge is 2.21. The van der Waals surface area contributed by atoms with Crippen LogP contribution in [-0.2, 0) is 4.79 Å². The molecule has 1 saturated carbocycles. The van der Waals surface area contributed by atoms with Gasteiger partial charge in [-0.15, -0.1) is 11.8 Å². The quantitative estimate of drug-likeness (QED) is 0.846. The lowest BCUT2D eigenvalue weighted by Crippen LogP contribution is -2.34. The van der Waals surface area contributed by atoms with Crippen LogP contribution in [0.4, 0.5) is 0 Å². The Morgan fingerprint density at radius 3 is 2.52 bits per heavy atom. The summed E-state index contributed by atoms with van der Waals surface area (Å²) in [4.78, 5) is 12.2. The van der Waals surface area contributed by atoms with Crippen LogP contribution < -0.4 is 5.32 Å². The molecular weight excluding hydrogens is 278 g/mol. The predicted molar refractivity (Wildman–Crippen MR) is 91.8 cm³/mol. The van der Waals surface area contributed by atoms with Gasteiger partial charge in [0.05, 0.1) is 5.25 Å². The molecular formula is C18H27NOS. The van der Waals surface area contributed by atoms with Crippen molar-refractivity contribution in [1.29, 1.82) is 0 Å². The van der Waals surface area contributed by atoms with Gasteiger partial charge in [-0.2, -0.15) is 0 Å². The van der Waals surface area contributed by atoms with Gasteiger partial charge >= 0.3 is 0 Å². The lowest BCUT2D eigenvalue weighted by molar-refractivity contribution is -0.120. The summed E-state index contributed by atoms with van der Waals surface area (Å²) in [5, 5.41) is 3.86. The third-order valence-electron chi connectivity index (χ3n) is 4.27. The zero-order valence-corrected chi connectivity index (χ0v) is 14.0. The van der Waals surface area contributed by atoms with Crippen molar-refractivity contribution in [2.24, 2.45) is 0 Å². The molecule has 0 aromatic heterocycles. The van der Waals surface area contributed by atoms with Crippen molar-refractivity contribution < 1.29 is 4.79 Å². The van der Waals surface area contributed by atoms with Crippen LogP contribution >= 0.6 is 11.8 Å². The summed E-state index contributed by atoms with van der Waals surface area (Å²) in [6, 6.07) is 10.4. The molecule has 1 aromatic rings. The minimum atomic E-state index is 0.0658. The van der Waals surface area contributed by atoms with Crippen LogP contribution in [0, 0.1) is 0 Å². The molecule has 0 spiro atoms. The molecule has 1 aliphatic rings. The Balaban J connectivity index is 1.73. The van der Waals surface area contributed by atoms with Crippen LogP contribution in [0.3, 0.4) is 0 Å². The zero-order valence-electron chi connectivity index (χ0n) is 13.2. The van der Waals surface area contributed by atoms with E-state index in [4.69, 9.17) is 0 Å². The number of thioether (sulfide) groups is 1. The van der Waals surface area contributed by atoms with Gasteiger partial charge in [0.25, 0.3) is 0 Å². The summed E-state index contributed by atoms with van der Waals surface area (Å²) in [6.07, 6.45) is 6.59. The first kappa shape index (κ1) is 16.4. The van der Waals surface area contributed by atoms with E-state index in [2.05, 4.69) is 36.5 Å². The standard InChI is InChI=1S/C18H27NOS/c1-14(16-9-5-3-6-10-16)13-19-18(20)15(2)21-17-11-7-4-8-12-17/h3,5-6,9-10,14-15,17H,4,7-8,11-13H2,1-2H3,(H,19,20).